The number of rotatable bonds is 13. The second kappa shape index (κ2) is 14.9. The maximum Gasteiger partial charge on any atom is 0.238 e. The Morgan fingerprint density at radius 1 is 0.500 bits per heavy atom. The van der Waals surface area contributed by atoms with E-state index in [0.29, 0.717) is 37.6 Å². The Hall–Kier alpha value is -5.58. The molecular formula is C36H34N8O2. The van der Waals surface area contributed by atoms with Crippen LogP contribution < -0.4 is 10.6 Å². The number of fused-ring (bicyclic) bond motifs is 2. The van der Waals surface area contributed by atoms with Gasteiger partial charge in [-0.3, -0.25) is 39.3 Å². The molecule has 0 atom stereocenters. The molecule has 0 aliphatic heterocycles. The second-order valence-corrected chi connectivity index (χ2v) is 10.9. The molecule has 230 valence electrons. The molecule has 4 aromatic heterocycles. The van der Waals surface area contributed by atoms with Crippen LogP contribution in [0.15, 0.2) is 122 Å². The molecule has 0 bridgehead atoms. The van der Waals surface area contributed by atoms with E-state index in [2.05, 4.69) is 30.6 Å². The van der Waals surface area contributed by atoms with Crippen LogP contribution in [0.5, 0.6) is 0 Å². The van der Waals surface area contributed by atoms with Crippen LogP contribution in [0, 0.1) is 0 Å². The first-order chi connectivity index (χ1) is 22.6. The number of para-hydroxylation sites is 2. The number of hydrogen-bond donors (Lipinski definition) is 2. The zero-order valence-corrected chi connectivity index (χ0v) is 25.3. The van der Waals surface area contributed by atoms with Gasteiger partial charge in [-0.25, -0.2) is 0 Å². The third kappa shape index (κ3) is 8.12. The first-order valence-corrected chi connectivity index (χ1v) is 15.1. The summed E-state index contributed by atoms with van der Waals surface area (Å²) >= 11 is 0. The molecule has 0 saturated heterocycles. The number of carbonyl (C=O) groups excluding carboxylic acids is 2. The van der Waals surface area contributed by atoms with E-state index in [4.69, 9.17) is 0 Å². The largest absolute Gasteiger partial charge is 0.323 e. The summed E-state index contributed by atoms with van der Waals surface area (Å²) in [7, 11) is 0. The molecule has 0 saturated carbocycles. The Bertz CT molecular complexity index is 1770. The predicted molar refractivity (Wildman–Crippen MR) is 180 cm³/mol. The summed E-state index contributed by atoms with van der Waals surface area (Å²) in [5.41, 5.74) is 4.50. The van der Waals surface area contributed by atoms with E-state index in [9.17, 15) is 9.59 Å². The van der Waals surface area contributed by atoms with Crippen LogP contribution in [-0.2, 0) is 22.7 Å². The number of nitrogens with one attached hydrogen (secondary N) is 2. The van der Waals surface area contributed by atoms with Crippen LogP contribution in [0.3, 0.4) is 0 Å². The molecule has 46 heavy (non-hydrogen) atoms. The van der Waals surface area contributed by atoms with E-state index in [0.717, 1.165) is 33.2 Å². The molecule has 0 aliphatic rings. The predicted octanol–water partition coefficient (Wildman–Crippen LogP) is 5.15. The van der Waals surface area contributed by atoms with Gasteiger partial charge in [-0.2, -0.15) is 0 Å². The Kier molecular flexibility index (Phi) is 9.88. The summed E-state index contributed by atoms with van der Waals surface area (Å²) in [6, 6.07) is 30.6. The maximum absolute atomic E-state index is 13.4. The molecule has 6 rings (SSSR count). The summed E-state index contributed by atoms with van der Waals surface area (Å²) in [5.74, 6) is -0.321. The van der Waals surface area contributed by atoms with E-state index < -0.39 is 0 Å². The van der Waals surface area contributed by atoms with Crippen molar-refractivity contribution < 1.29 is 9.59 Å². The van der Waals surface area contributed by atoms with E-state index in [-0.39, 0.29) is 24.9 Å². The van der Waals surface area contributed by atoms with Gasteiger partial charge in [-0.15, -0.1) is 0 Å². The number of aromatic nitrogens is 4. The lowest BCUT2D eigenvalue weighted by Gasteiger charge is -2.27. The van der Waals surface area contributed by atoms with Gasteiger partial charge in [0.2, 0.25) is 11.8 Å². The van der Waals surface area contributed by atoms with Gasteiger partial charge < -0.3 is 10.6 Å². The average molecular weight is 611 g/mol. The zero-order valence-electron chi connectivity index (χ0n) is 25.3. The molecule has 0 unspecified atom stereocenters. The molecule has 10 nitrogen and oxygen atoms in total. The number of hydrogen-bond acceptors (Lipinski definition) is 8. The van der Waals surface area contributed by atoms with Crippen molar-refractivity contribution in [3.63, 3.8) is 0 Å². The SMILES string of the molecule is O=C(CN(CCN(CC(=O)Nc1cccc2cccnc12)Cc1ccccn1)Cc1ccccn1)Nc1cccc2cccnc12. The number of nitrogens with zero attached hydrogens (tertiary/aromatic N) is 6. The van der Waals surface area contributed by atoms with Gasteiger partial charge >= 0.3 is 0 Å². The first-order valence-electron chi connectivity index (χ1n) is 15.1. The van der Waals surface area contributed by atoms with Crippen LogP contribution in [-0.4, -0.2) is 67.7 Å². The lowest BCUT2D eigenvalue weighted by atomic mass is 10.2. The lowest BCUT2D eigenvalue weighted by Crippen LogP contribution is -2.41. The van der Waals surface area contributed by atoms with Crippen molar-refractivity contribution in [2.45, 2.75) is 13.1 Å². The molecule has 0 spiro atoms. The van der Waals surface area contributed by atoms with Gasteiger partial charge in [-0.05, 0) is 48.5 Å². The summed E-state index contributed by atoms with van der Waals surface area (Å²) in [6.45, 7) is 2.21. The maximum atomic E-state index is 13.4. The Morgan fingerprint density at radius 3 is 1.37 bits per heavy atom. The minimum absolute atomic E-state index is 0.130. The van der Waals surface area contributed by atoms with Crippen molar-refractivity contribution in [1.29, 1.82) is 0 Å². The number of carbonyl (C=O) groups is 2. The fourth-order valence-electron chi connectivity index (χ4n) is 5.35. The molecule has 2 amide bonds. The van der Waals surface area contributed by atoms with Gasteiger partial charge in [0.25, 0.3) is 0 Å². The highest BCUT2D eigenvalue weighted by Crippen LogP contribution is 2.22. The van der Waals surface area contributed by atoms with Crippen LogP contribution in [0.4, 0.5) is 11.4 Å². The molecule has 10 heteroatoms. The Labute approximate surface area is 267 Å². The van der Waals surface area contributed by atoms with Crippen molar-refractivity contribution >= 4 is 45.0 Å². The minimum Gasteiger partial charge on any atom is -0.323 e. The summed E-state index contributed by atoms with van der Waals surface area (Å²) in [5, 5.41) is 8.00. The van der Waals surface area contributed by atoms with Crippen molar-refractivity contribution in [3.8, 4) is 0 Å². The van der Waals surface area contributed by atoms with Gasteiger partial charge in [0.05, 0.1) is 46.9 Å². The summed E-state index contributed by atoms with van der Waals surface area (Å²) in [4.78, 5) is 48.7. The van der Waals surface area contributed by atoms with Crippen molar-refractivity contribution in [2.24, 2.45) is 0 Å². The Morgan fingerprint density at radius 2 is 0.935 bits per heavy atom. The highest BCUT2D eigenvalue weighted by molar-refractivity contribution is 6.01. The summed E-state index contributed by atoms with van der Waals surface area (Å²) < 4.78 is 0. The highest BCUT2D eigenvalue weighted by Gasteiger charge is 2.18. The standard InChI is InChI=1S/C36H34N8O2/c45-33(41-31-15-5-9-27-11-7-19-39-35(27)31)25-43(23-29-13-1-3-17-37-29)21-22-44(24-30-14-2-4-18-38-30)26-34(46)42-32-16-6-10-28-12-8-20-40-36(28)32/h1-20H,21-26H2,(H,41,45)(H,42,46). The highest BCUT2D eigenvalue weighted by atomic mass is 16.2. The van der Waals surface area contributed by atoms with E-state index >= 15 is 0 Å². The van der Waals surface area contributed by atoms with Crippen LogP contribution in [0.1, 0.15) is 11.4 Å². The molecule has 0 fully saturated rings. The lowest BCUT2D eigenvalue weighted by molar-refractivity contribution is -0.119. The normalized spacial score (nSPS) is 11.3. The van der Waals surface area contributed by atoms with Crippen molar-refractivity contribution in [2.75, 3.05) is 36.8 Å². The second-order valence-electron chi connectivity index (χ2n) is 10.9. The van der Waals surface area contributed by atoms with E-state index in [1.165, 1.54) is 0 Å². The zero-order chi connectivity index (χ0) is 31.6. The van der Waals surface area contributed by atoms with Crippen LogP contribution >= 0.6 is 0 Å². The fourth-order valence-corrected chi connectivity index (χ4v) is 5.35. The van der Waals surface area contributed by atoms with Gasteiger partial charge in [0, 0.05) is 61.7 Å². The number of pyridine rings is 4. The van der Waals surface area contributed by atoms with Crippen LogP contribution in [0.25, 0.3) is 21.8 Å². The molecule has 2 aromatic carbocycles. The number of amides is 2. The summed E-state index contributed by atoms with van der Waals surface area (Å²) in [6.07, 6.45) is 6.92. The number of anilines is 2. The third-order valence-electron chi connectivity index (χ3n) is 7.50. The number of benzene rings is 2. The van der Waals surface area contributed by atoms with E-state index in [1.807, 2.05) is 107 Å². The van der Waals surface area contributed by atoms with Gasteiger partial charge in [0.15, 0.2) is 0 Å². The van der Waals surface area contributed by atoms with Gasteiger partial charge in [-0.1, -0.05) is 48.5 Å². The molecule has 6 aromatic rings. The first kappa shape index (κ1) is 30.4. The molecule has 4 heterocycles. The van der Waals surface area contributed by atoms with Crippen molar-refractivity contribution in [1.82, 2.24) is 29.7 Å². The van der Waals surface area contributed by atoms with Gasteiger partial charge in [0.1, 0.15) is 0 Å². The topological polar surface area (TPSA) is 116 Å². The molecule has 0 aliphatic carbocycles. The van der Waals surface area contributed by atoms with Crippen LogP contribution in [0.2, 0.25) is 0 Å². The average Bonchev–Trinajstić information content (AvgIpc) is 3.08. The fraction of sp³-hybridized carbons (Fsp3) is 0.167. The Balaban J connectivity index is 1.17. The van der Waals surface area contributed by atoms with Crippen molar-refractivity contribution in [3.05, 3.63) is 133 Å². The smallest absolute Gasteiger partial charge is 0.238 e. The molecule has 2 N–H and O–H groups in total. The van der Waals surface area contributed by atoms with E-state index in [1.54, 1.807) is 24.8 Å². The molecule has 0 radical (unpaired) electrons. The quantitative estimate of drug-likeness (QED) is 0.184. The third-order valence-corrected chi connectivity index (χ3v) is 7.50. The monoisotopic (exact) mass is 610 g/mol. The molecular weight excluding hydrogens is 576 g/mol. The minimum atomic E-state index is -0.161.